The van der Waals surface area contributed by atoms with E-state index in [1.54, 1.807) is 0 Å². The Morgan fingerprint density at radius 1 is 1.47 bits per heavy atom. The molecule has 0 fully saturated rings. The Balaban J connectivity index is 2.37. The van der Waals surface area contributed by atoms with E-state index < -0.39 is 0 Å². The molecule has 0 heterocycles. The van der Waals surface area contributed by atoms with Crippen LogP contribution in [0.4, 0.5) is 0 Å². The molecule has 0 aliphatic carbocycles. The molecule has 1 atom stereocenters. The van der Waals surface area contributed by atoms with Gasteiger partial charge < -0.3 is 0 Å². The fourth-order valence-corrected chi connectivity index (χ4v) is 2.69. The van der Waals surface area contributed by atoms with Gasteiger partial charge in [0.15, 0.2) is 0 Å². The zero-order chi connectivity index (χ0) is 12.5. The standard InChI is InChI=1S/C14H20N2S/c1-3-4-5-9-13(16-15)11-17-14-10-7-6-8-12(14)2/h1,6-8,10,13,16H,4-5,9,11,15H2,2H3. The molecule has 0 saturated carbocycles. The van der Waals surface area contributed by atoms with Crippen LogP contribution in [-0.4, -0.2) is 11.8 Å². The van der Waals surface area contributed by atoms with E-state index in [0.29, 0.717) is 6.04 Å². The average Bonchev–Trinajstić information content (AvgIpc) is 2.35. The zero-order valence-corrected chi connectivity index (χ0v) is 11.1. The first-order valence-corrected chi connectivity index (χ1v) is 6.84. The van der Waals surface area contributed by atoms with Crippen molar-refractivity contribution in [2.75, 3.05) is 5.75 Å². The largest absolute Gasteiger partial charge is 0.271 e. The molecule has 1 aromatic rings. The van der Waals surface area contributed by atoms with Gasteiger partial charge in [0.2, 0.25) is 0 Å². The Hall–Kier alpha value is -0.950. The molecular formula is C14H20N2S. The van der Waals surface area contributed by atoms with Gasteiger partial charge in [-0.25, -0.2) is 0 Å². The van der Waals surface area contributed by atoms with Crippen molar-refractivity contribution in [3.05, 3.63) is 29.8 Å². The van der Waals surface area contributed by atoms with E-state index in [1.165, 1.54) is 10.5 Å². The Kier molecular flexibility index (Phi) is 6.80. The van der Waals surface area contributed by atoms with Crippen molar-refractivity contribution in [2.24, 2.45) is 5.84 Å². The number of thioether (sulfide) groups is 1. The number of benzene rings is 1. The second kappa shape index (κ2) is 8.19. The predicted molar refractivity (Wildman–Crippen MR) is 75.7 cm³/mol. The summed E-state index contributed by atoms with van der Waals surface area (Å²) in [4.78, 5) is 1.32. The average molecular weight is 248 g/mol. The number of hydrazine groups is 1. The molecule has 0 saturated heterocycles. The second-order valence-corrected chi connectivity index (χ2v) is 5.10. The Morgan fingerprint density at radius 2 is 2.24 bits per heavy atom. The maximum Gasteiger partial charge on any atom is 0.0304 e. The molecule has 0 aliphatic heterocycles. The van der Waals surface area contributed by atoms with Crippen LogP contribution in [0.15, 0.2) is 29.2 Å². The highest BCUT2D eigenvalue weighted by Gasteiger charge is 2.07. The molecule has 0 aliphatic rings. The van der Waals surface area contributed by atoms with Crippen LogP contribution in [0.25, 0.3) is 0 Å². The van der Waals surface area contributed by atoms with Crippen LogP contribution in [0.3, 0.4) is 0 Å². The van der Waals surface area contributed by atoms with Crippen molar-refractivity contribution in [3.63, 3.8) is 0 Å². The molecule has 3 N–H and O–H groups in total. The second-order valence-electron chi connectivity index (χ2n) is 4.04. The maximum atomic E-state index is 5.54. The number of unbranched alkanes of at least 4 members (excludes halogenated alkanes) is 1. The fraction of sp³-hybridized carbons (Fsp3) is 0.429. The lowest BCUT2D eigenvalue weighted by Crippen LogP contribution is -2.36. The molecular weight excluding hydrogens is 228 g/mol. The maximum absolute atomic E-state index is 5.54. The summed E-state index contributed by atoms with van der Waals surface area (Å²) in [5, 5.41) is 0. The first-order chi connectivity index (χ1) is 8.27. The Labute approximate surface area is 108 Å². The fourth-order valence-electron chi connectivity index (χ4n) is 1.57. The van der Waals surface area contributed by atoms with Crippen LogP contribution >= 0.6 is 11.8 Å². The topological polar surface area (TPSA) is 38.0 Å². The molecule has 1 rings (SSSR count). The monoisotopic (exact) mass is 248 g/mol. The summed E-state index contributed by atoms with van der Waals surface area (Å²) in [6, 6.07) is 8.73. The summed E-state index contributed by atoms with van der Waals surface area (Å²) >= 11 is 1.84. The van der Waals surface area contributed by atoms with E-state index in [-0.39, 0.29) is 0 Å². The number of hydrogen-bond acceptors (Lipinski definition) is 3. The molecule has 0 aromatic heterocycles. The van der Waals surface area contributed by atoms with Crippen molar-refractivity contribution in [1.29, 1.82) is 0 Å². The lowest BCUT2D eigenvalue weighted by Gasteiger charge is -2.15. The molecule has 17 heavy (non-hydrogen) atoms. The normalized spacial score (nSPS) is 12.1. The van der Waals surface area contributed by atoms with E-state index in [4.69, 9.17) is 12.3 Å². The summed E-state index contributed by atoms with van der Waals surface area (Å²) in [5.74, 6) is 9.17. The van der Waals surface area contributed by atoms with E-state index in [9.17, 15) is 0 Å². The molecule has 0 amide bonds. The molecule has 0 radical (unpaired) electrons. The number of terminal acetylenes is 1. The van der Waals surface area contributed by atoms with Gasteiger partial charge in [-0.3, -0.25) is 11.3 Å². The smallest absolute Gasteiger partial charge is 0.0304 e. The molecule has 3 heteroatoms. The van der Waals surface area contributed by atoms with E-state index >= 15 is 0 Å². The van der Waals surface area contributed by atoms with Crippen LogP contribution in [0, 0.1) is 19.3 Å². The zero-order valence-electron chi connectivity index (χ0n) is 10.3. The minimum atomic E-state index is 0.327. The van der Waals surface area contributed by atoms with Crippen LogP contribution in [0.5, 0.6) is 0 Å². The highest BCUT2D eigenvalue weighted by molar-refractivity contribution is 7.99. The number of aryl methyl sites for hydroxylation is 1. The highest BCUT2D eigenvalue weighted by Crippen LogP contribution is 2.23. The van der Waals surface area contributed by atoms with Gasteiger partial charge in [0, 0.05) is 23.1 Å². The predicted octanol–water partition coefficient (Wildman–Crippen LogP) is 2.72. The summed E-state index contributed by atoms with van der Waals surface area (Å²) in [6.07, 6.45) is 8.12. The molecule has 0 spiro atoms. The summed E-state index contributed by atoms with van der Waals surface area (Å²) in [6.45, 7) is 2.13. The van der Waals surface area contributed by atoms with Crippen LogP contribution < -0.4 is 11.3 Å². The number of nitrogens with two attached hydrogens (primary N) is 1. The SMILES string of the molecule is C#CCCCC(CSc1ccccc1C)NN. The number of nitrogens with one attached hydrogen (secondary N) is 1. The minimum absolute atomic E-state index is 0.327. The van der Waals surface area contributed by atoms with Gasteiger partial charge in [0.1, 0.15) is 0 Å². The third-order valence-corrected chi connectivity index (χ3v) is 3.98. The summed E-state index contributed by atoms with van der Waals surface area (Å²) < 4.78 is 0. The van der Waals surface area contributed by atoms with Crippen LogP contribution in [0.1, 0.15) is 24.8 Å². The molecule has 0 bridgehead atoms. The van der Waals surface area contributed by atoms with E-state index in [2.05, 4.69) is 42.5 Å². The van der Waals surface area contributed by atoms with Gasteiger partial charge in [0.25, 0.3) is 0 Å². The van der Waals surface area contributed by atoms with E-state index in [1.807, 2.05) is 11.8 Å². The Morgan fingerprint density at radius 3 is 2.88 bits per heavy atom. The van der Waals surface area contributed by atoms with Crippen molar-refractivity contribution < 1.29 is 0 Å². The number of rotatable bonds is 7. The van der Waals surface area contributed by atoms with Crippen molar-refractivity contribution in [2.45, 2.75) is 37.1 Å². The van der Waals surface area contributed by atoms with Crippen LogP contribution in [-0.2, 0) is 0 Å². The lowest BCUT2D eigenvalue weighted by atomic mass is 10.1. The van der Waals surface area contributed by atoms with Crippen molar-refractivity contribution >= 4 is 11.8 Å². The molecule has 92 valence electrons. The van der Waals surface area contributed by atoms with Gasteiger partial charge in [-0.15, -0.1) is 24.1 Å². The van der Waals surface area contributed by atoms with E-state index in [0.717, 1.165) is 25.0 Å². The van der Waals surface area contributed by atoms with Gasteiger partial charge in [-0.05, 0) is 31.4 Å². The lowest BCUT2D eigenvalue weighted by molar-refractivity contribution is 0.524. The van der Waals surface area contributed by atoms with Crippen LogP contribution in [0.2, 0.25) is 0 Å². The summed E-state index contributed by atoms with van der Waals surface area (Å²) in [7, 11) is 0. The van der Waals surface area contributed by atoms with Gasteiger partial charge >= 0.3 is 0 Å². The number of hydrogen-bond donors (Lipinski definition) is 2. The quantitative estimate of drug-likeness (QED) is 0.256. The van der Waals surface area contributed by atoms with Gasteiger partial charge in [0.05, 0.1) is 0 Å². The van der Waals surface area contributed by atoms with Crippen molar-refractivity contribution in [3.8, 4) is 12.3 Å². The first kappa shape index (κ1) is 14.1. The summed E-state index contributed by atoms with van der Waals surface area (Å²) in [5.41, 5.74) is 4.18. The third kappa shape index (κ3) is 5.27. The highest BCUT2D eigenvalue weighted by atomic mass is 32.2. The third-order valence-electron chi connectivity index (χ3n) is 2.64. The molecule has 1 unspecified atom stereocenters. The first-order valence-electron chi connectivity index (χ1n) is 5.86. The minimum Gasteiger partial charge on any atom is -0.271 e. The molecule has 1 aromatic carbocycles. The molecule has 2 nitrogen and oxygen atoms in total. The van der Waals surface area contributed by atoms with Crippen molar-refractivity contribution in [1.82, 2.24) is 5.43 Å². The Bertz CT molecular complexity index is 371. The van der Waals surface area contributed by atoms with Gasteiger partial charge in [-0.1, -0.05) is 18.2 Å². The van der Waals surface area contributed by atoms with Gasteiger partial charge in [-0.2, -0.15) is 0 Å².